The van der Waals surface area contributed by atoms with Crippen LogP contribution in [0.25, 0.3) is 0 Å². The van der Waals surface area contributed by atoms with Crippen molar-refractivity contribution in [2.24, 2.45) is 5.92 Å². The van der Waals surface area contributed by atoms with Gasteiger partial charge < -0.3 is 14.8 Å². The lowest BCUT2D eigenvalue weighted by Crippen LogP contribution is -2.50. The van der Waals surface area contributed by atoms with Crippen LogP contribution < -0.4 is 14.5 Å². The maximum Gasteiger partial charge on any atom is 0.243 e. The zero-order chi connectivity index (χ0) is 22.5. The molecule has 1 aromatic carbocycles. The number of nitrogens with one attached hydrogen (secondary N) is 1. The van der Waals surface area contributed by atoms with Crippen LogP contribution in [0.3, 0.4) is 0 Å². The average Bonchev–Trinajstić information content (AvgIpc) is 3.44. The second kappa shape index (κ2) is 10.8. The summed E-state index contributed by atoms with van der Waals surface area (Å²) in [4.78, 5) is 15.4. The van der Waals surface area contributed by atoms with Gasteiger partial charge in [0.2, 0.25) is 5.91 Å². The van der Waals surface area contributed by atoms with Crippen molar-refractivity contribution in [2.75, 3.05) is 28.8 Å². The van der Waals surface area contributed by atoms with Crippen LogP contribution in [0.1, 0.15) is 44.1 Å². The van der Waals surface area contributed by atoms with E-state index in [0.717, 1.165) is 49.9 Å². The highest BCUT2D eigenvalue weighted by atomic mass is 32.2. The summed E-state index contributed by atoms with van der Waals surface area (Å²) in [7, 11) is 0. The van der Waals surface area contributed by atoms with Gasteiger partial charge >= 0.3 is 0 Å². The third kappa shape index (κ3) is 5.50. The lowest BCUT2D eigenvalue weighted by Gasteiger charge is -2.35. The lowest BCUT2D eigenvalue weighted by molar-refractivity contribution is -0.122. The third-order valence-electron chi connectivity index (χ3n) is 6.47. The molecule has 1 aromatic heterocycles. The van der Waals surface area contributed by atoms with Gasteiger partial charge in [-0.05, 0) is 60.0 Å². The summed E-state index contributed by atoms with van der Waals surface area (Å²) in [5.41, 5.74) is 1.98. The van der Waals surface area contributed by atoms with E-state index in [4.69, 9.17) is 0 Å². The molecular weight excluding hydrogens is 449 g/mol. The summed E-state index contributed by atoms with van der Waals surface area (Å²) in [5.74, 6) is -0.138. The molecule has 1 N–H and O–H groups in total. The van der Waals surface area contributed by atoms with Crippen LogP contribution in [0.5, 0.6) is 0 Å². The predicted octanol–water partition coefficient (Wildman–Crippen LogP) is 4.01. The molecule has 1 fully saturated rings. The number of nitrogens with zero attached hydrogens (tertiary/aromatic N) is 2. The van der Waals surface area contributed by atoms with Crippen molar-refractivity contribution in [3.63, 3.8) is 0 Å². The number of benzene rings is 1. The van der Waals surface area contributed by atoms with E-state index in [2.05, 4.69) is 10.2 Å². The first kappa shape index (κ1) is 23.2. The Hall–Kier alpha value is -1.97. The molecule has 0 radical (unpaired) electrons. The van der Waals surface area contributed by atoms with Crippen molar-refractivity contribution in [3.05, 3.63) is 47.1 Å². The molecule has 2 unspecified atom stereocenters. The van der Waals surface area contributed by atoms with Gasteiger partial charge in [-0.25, -0.2) is 4.39 Å². The number of carbonyl (C=O) groups is 1. The maximum absolute atomic E-state index is 13.5. The topological polar surface area (TPSA) is 75.7 Å². The zero-order valence-corrected chi connectivity index (χ0v) is 19.6. The van der Waals surface area contributed by atoms with Crippen molar-refractivity contribution in [1.82, 2.24) is 5.32 Å². The predicted molar refractivity (Wildman–Crippen MR) is 126 cm³/mol. The largest absolute Gasteiger partial charge is 0.755 e. The van der Waals surface area contributed by atoms with Crippen LogP contribution in [0.15, 0.2) is 35.7 Å². The first-order chi connectivity index (χ1) is 15.5. The Kier molecular flexibility index (Phi) is 7.80. The Bertz CT molecular complexity index is 935. The number of hydrogen-bond donors (Lipinski definition) is 1. The summed E-state index contributed by atoms with van der Waals surface area (Å²) < 4.78 is 39.0. The Labute approximate surface area is 195 Å². The number of amides is 1. The normalized spacial score (nSPS) is 18.2. The molecule has 1 saturated carbocycles. The van der Waals surface area contributed by atoms with E-state index >= 15 is 0 Å². The first-order valence-corrected chi connectivity index (χ1v) is 13.2. The van der Waals surface area contributed by atoms with Crippen LogP contribution in [0, 0.1) is 11.7 Å². The number of rotatable bonds is 9. The molecule has 174 valence electrons. The average molecular weight is 479 g/mol. The van der Waals surface area contributed by atoms with Gasteiger partial charge in [0.05, 0.1) is 0 Å². The van der Waals surface area contributed by atoms with Gasteiger partial charge in [0.1, 0.15) is 16.9 Å². The molecule has 0 spiro atoms. The molecule has 1 amide bonds. The standard InChI is InChI=1S/C23H30FN3O3S2/c24-19-8-9-20-18(16-19)10-12-26(20)13-11-25-23(28)21(15-17-5-2-1-3-6-17)27(32(29)30)22-7-4-14-31-22/h4,7-9,14,16-17,21H,1-3,5-6,10-13,15H2,(H,25,28)(H,29,30)/p-1. The third-order valence-corrected chi connectivity index (χ3v) is 8.22. The molecule has 6 nitrogen and oxygen atoms in total. The van der Waals surface area contributed by atoms with Gasteiger partial charge in [-0.1, -0.05) is 32.1 Å². The summed E-state index contributed by atoms with van der Waals surface area (Å²) in [5, 5.41) is 5.35. The van der Waals surface area contributed by atoms with Gasteiger partial charge in [-0.15, -0.1) is 11.3 Å². The molecule has 1 aliphatic carbocycles. The van der Waals surface area contributed by atoms with Crippen molar-refractivity contribution in [3.8, 4) is 0 Å². The number of fused-ring (bicyclic) bond motifs is 1. The highest BCUT2D eigenvalue weighted by Gasteiger charge is 2.31. The van der Waals surface area contributed by atoms with Crippen LogP contribution in [0.2, 0.25) is 0 Å². The number of anilines is 2. The van der Waals surface area contributed by atoms with Gasteiger partial charge in [-0.3, -0.25) is 13.3 Å². The van der Waals surface area contributed by atoms with E-state index in [0.29, 0.717) is 30.4 Å². The molecule has 2 aliphatic rings. The molecular formula is C23H29FN3O3S2-. The van der Waals surface area contributed by atoms with E-state index in [1.54, 1.807) is 24.3 Å². The quantitative estimate of drug-likeness (QED) is 0.553. The van der Waals surface area contributed by atoms with Crippen LogP contribution >= 0.6 is 11.3 Å². The highest BCUT2D eigenvalue weighted by molar-refractivity contribution is 7.81. The fourth-order valence-corrected chi connectivity index (χ4v) is 6.47. The number of thiophene rings is 1. The molecule has 2 heterocycles. The monoisotopic (exact) mass is 478 g/mol. The molecule has 4 rings (SSSR count). The minimum atomic E-state index is -2.54. The van der Waals surface area contributed by atoms with Crippen LogP contribution in [-0.2, 0) is 22.5 Å². The molecule has 2 aromatic rings. The molecule has 2 atom stereocenters. The fourth-order valence-electron chi connectivity index (χ4n) is 4.88. The molecule has 0 saturated heterocycles. The number of carbonyl (C=O) groups excluding carboxylic acids is 1. The highest BCUT2D eigenvalue weighted by Crippen LogP contribution is 2.32. The second-order valence-electron chi connectivity index (χ2n) is 8.55. The van der Waals surface area contributed by atoms with Crippen molar-refractivity contribution in [1.29, 1.82) is 0 Å². The minimum absolute atomic E-state index is 0.233. The summed E-state index contributed by atoms with van der Waals surface area (Å²) in [6.07, 6.45) is 6.86. The summed E-state index contributed by atoms with van der Waals surface area (Å²) in [6, 6.07) is 7.58. The Morgan fingerprint density at radius 1 is 1.31 bits per heavy atom. The van der Waals surface area contributed by atoms with Crippen molar-refractivity contribution in [2.45, 2.75) is 51.0 Å². The van der Waals surface area contributed by atoms with E-state index in [1.165, 1.54) is 28.1 Å². The van der Waals surface area contributed by atoms with Gasteiger partial charge in [0.15, 0.2) is 0 Å². The molecule has 1 aliphatic heterocycles. The zero-order valence-electron chi connectivity index (χ0n) is 18.0. The SMILES string of the molecule is O=C(NCCN1CCc2cc(F)ccc21)C(CC1CCCCC1)N(c1cccs1)S(=O)[O-]. The van der Waals surface area contributed by atoms with Crippen molar-refractivity contribution >= 4 is 39.2 Å². The Morgan fingerprint density at radius 3 is 2.84 bits per heavy atom. The molecule has 32 heavy (non-hydrogen) atoms. The van der Waals surface area contributed by atoms with Gasteiger partial charge in [-0.2, -0.15) is 0 Å². The Balaban J connectivity index is 1.42. The Morgan fingerprint density at radius 2 is 2.12 bits per heavy atom. The number of hydrogen-bond acceptors (Lipinski definition) is 5. The smallest absolute Gasteiger partial charge is 0.243 e. The minimum Gasteiger partial charge on any atom is -0.755 e. The van der Waals surface area contributed by atoms with Gasteiger partial charge in [0, 0.05) is 36.6 Å². The van der Waals surface area contributed by atoms with E-state index in [-0.39, 0.29) is 11.7 Å². The second-order valence-corrected chi connectivity index (χ2v) is 10.3. The molecule has 9 heteroatoms. The van der Waals surface area contributed by atoms with E-state index < -0.39 is 17.3 Å². The summed E-state index contributed by atoms with van der Waals surface area (Å²) in [6.45, 7) is 1.78. The maximum atomic E-state index is 13.5. The van der Waals surface area contributed by atoms with Crippen LogP contribution in [-0.4, -0.2) is 40.3 Å². The first-order valence-electron chi connectivity index (χ1n) is 11.3. The van der Waals surface area contributed by atoms with Crippen LogP contribution in [0.4, 0.5) is 15.1 Å². The summed E-state index contributed by atoms with van der Waals surface area (Å²) >= 11 is -1.22. The van der Waals surface area contributed by atoms with Gasteiger partial charge in [0.25, 0.3) is 0 Å². The van der Waals surface area contributed by atoms with Crippen molar-refractivity contribution < 1.29 is 17.9 Å². The number of halogens is 1. The van der Waals surface area contributed by atoms with E-state index in [1.807, 2.05) is 5.38 Å². The van der Waals surface area contributed by atoms with E-state index in [9.17, 15) is 17.9 Å². The molecule has 0 bridgehead atoms. The fraction of sp³-hybridized carbons (Fsp3) is 0.522. The lowest BCUT2D eigenvalue weighted by atomic mass is 9.84.